The van der Waals surface area contributed by atoms with Gasteiger partial charge in [-0.25, -0.2) is 38.4 Å². The van der Waals surface area contributed by atoms with Crippen molar-refractivity contribution >= 4 is 66.4 Å². The average molecular weight is 1620 g/mol. The monoisotopic (exact) mass is 1620 g/mol. The summed E-state index contributed by atoms with van der Waals surface area (Å²) in [4.78, 5) is 151. The summed E-state index contributed by atoms with van der Waals surface area (Å²) < 4.78 is 74.6. The number of rotatable bonds is 49. The predicted octanol–water partition coefficient (Wildman–Crippen LogP) is 12.7. The van der Waals surface area contributed by atoms with Crippen molar-refractivity contribution in [3.8, 4) is 46.0 Å². The van der Waals surface area contributed by atoms with Crippen molar-refractivity contribution in [2.24, 2.45) is 5.92 Å². The SMILES string of the molecule is O=C(CC(CCCCNC(=O)Oc1ccccc1)C(=O)OCC(COC(=O)C(CCCCNC(=O)Oc1ccccc1)NC(=O)Oc1ccccc1)OC(COC(=O)C(CCCCNC(=O)Oc1ccccc1)NCOc1ccccc1)COC(=O)C(CCCCNC(=O)Oc1ccccc1)NC(=O)Oc1ccccc1)Oc1ccccc1. The largest absolute Gasteiger partial charge is 0.478 e. The minimum Gasteiger partial charge on any atom is -0.478 e. The van der Waals surface area contributed by atoms with Gasteiger partial charge in [0.1, 0.15) is 109 Å². The number of nitrogens with one attached hydrogen (secondary N) is 7. The van der Waals surface area contributed by atoms with Crippen molar-refractivity contribution in [2.45, 2.75) is 114 Å². The number of carbonyl (C=O) groups excluding carboxylic acids is 11. The van der Waals surface area contributed by atoms with Crippen LogP contribution in [0.1, 0.15) is 83.5 Å². The van der Waals surface area contributed by atoms with E-state index in [2.05, 4.69) is 37.2 Å². The summed E-state index contributed by atoms with van der Waals surface area (Å²) in [5, 5.41) is 18.8. The van der Waals surface area contributed by atoms with Gasteiger partial charge in [-0.3, -0.25) is 19.7 Å². The molecule has 0 heterocycles. The molecule has 0 saturated carbocycles. The van der Waals surface area contributed by atoms with E-state index in [0.717, 1.165) is 0 Å². The van der Waals surface area contributed by atoms with Crippen LogP contribution in [0, 0.1) is 5.92 Å². The number of amides is 6. The molecule has 0 bridgehead atoms. The molecule has 0 aliphatic rings. The van der Waals surface area contributed by atoms with Crippen LogP contribution >= 0.6 is 0 Å². The van der Waals surface area contributed by atoms with Gasteiger partial charge in [-0.2, -0.15) is 0 Å². The average Bonchev–Trinajstić information content (AvgIpc) is 0.881. The Balaban J connectivity index is 1.06. The van der Waals surface area contributed by atoms with E-state index in [1.54, 1.807) is 218 Å². The van der Waals surface area contributed by atoms with Gasteiger partial charge in [0.25, 0.3) is 0 Å². The first-order valence-corrected chi connectivity index (χ1v) is 38.6. The maximum Gasteiger partial charge on any atom is 0.413 e. The van der Waals surface area contributed by atoms with Gasteiger partial charge < -0.3 is 93.5 Å². The second-order valence-corrected chi connectivity index (χ2v) is 26.2. The molecule has 8 aromatic rings. The Labute approximate surface area is 682 Å². The maximum absolute atomic E-state index is 14.7. The third-order valence-electron chi connectivity index (χ3n) is 17.0. The molecule has 6 amide bonds. The molecule has 0 aliphatic heterocycles. The van der Waals surface area contributed by atoms with E-state index in [4.69, 9.17) is 61.6 Å². The molecule has 6 unspecified atom stereocenters. The summed E-state index contributed by atoms with van der Waals surface area (Å²) in [7, 11) is 0. The van der Waals surface area contributed by atoms with E-state index in [1.165, 1.54) is 24.3 Å². The lowest BCUT2D eigenvalue weighted by Gasteiger charge is -2.27. The molecule has 0 saturated heterocycles. The van der Waals surface area contributed by atoms with E-state index in [9.17, 15) is 52.7 Å². The lowest BCUT2D eigenvalue weighted by atomic mass is 9.98. The van der Waals surface area contributed by atoms with Crippen LogP contribution in [0.25, 0.3) is 0 Å². The highest BCUT2D eigenvalue weighted by Crippen LogP contribution is 2.22. The fraction of sp³-hybridized carbons (Fsp3) is 0.322. The summed E-state index contributed by atoms with van der Waals surface area (Å²) in [6.45, 7) is -2.96. The maximum atomic E-state index is 14.7. The third-order valence-corrected chi connectivity index (χ3v) is 17.0. The van der Waals surface area contributed by atoms with E-state index in [0.29, 0.717) is 48.0 Å². The molecule has 624 valence electrons. The van der Waals surface area contributed by atoms with E-state index < -0.39 is 136 Å². The summed E-state index contributed by atoms with van der Waals surface area (Å²) in [5.41, 5.74) is 0. The summed E-state index contributed by atoms with van der Waals surface area (Å²) in [5.74, 6) is -3.83. The first kappa shape index (κ1) is 90.0. The molecule has 7 N–H and O–H groups in total. The molecule has 0 fully saturated rings. The van der Waals surface area contributed by atoms with Crippen molar-refractivity contribution in [3.63, 3.8) is 0 Å². The van der Waals surface area contributed by atoms with Gasteiger partial charge in [-0.1, -0.05) is 152 Å². The molecule has 0 aromatic heterocycles. The number of unbranched alkanes of at least 4 members (excludes halogenated alkanes) is 4. The molecule has 0 aliphatic carbocycles. The number of carbonyl (C=O) groups is 11. The van der Waals surface area contributed by atoms with Gasteiger partial charge in [0.15, 0.2) is 0 Å². The van der Waals surface area contributed by atoms with E-state index in [1.807, 2.05) is 0 Å². The highest BCUT2D eigenvalue weighted by molar-refractivity contribution is 5.84. The summed E-state index contributed by atoms with van der Waals surface area (Å²) >= 11 is 0. The fourth-order valence-electron chi connectivity index (χ4n) is 11.1. The second-order valence-electron chi connectivity index (χ2n) is 26.2. The standard InChI is InChI=1S/C87H97N7O24/c95-77(112-65-36-11-2-12-37-65)57-63(33-25-29-53-88-82(100)113-66-38-13-3-14-39-66)78(96)106-58-72(60-108-80(98)75(93-86(104)117-70-46-21-7-22-47-70)51-27-31-55-90-84(102)115-68-42-17-5-18-43-68)111-73(59-107-79(97)74(92-62-110-64-34-9-1-10-35-64)50-26-30-54-89-83(101)114-67-40-15-4-16-41-67)61-109-81(99)76(94-87(105)118-71-48-23-8-24-49-71)52-28-32-56-91-85(103)116-69-44-19-6-20-45-69/h1-24,34-49,63,72-76,92H,25-33,50-62H2,(H,88,100)(H,89,101)(H,90,102)(H,91,103)(H,93,104)(H,94,105). The quantitative estimate of drug-likeness (QED) is 0.00612. The lowest BCUT2D eigenvalue weighted by molar-refractivity contribution is -0.174. The van der Waals surface area contributed by atoms with Crippen LogP contribution in [-0.4, -0.2) is 156 Å². The Kier molecular flexibility index (Phi) is 40.2. The van der Waals surface area contributed by atoms with Crippen molar-refractivity contribution in [1.29, 1.82) is 0 Å². The molecule has 31 nitrogen and oxygen atoms in total. The van der Waals surface area contributed by atoms with Gasteiger partial charge in [0.2, 0.25) is 0 Å². The molecular formula is C87H97N7O24. The van der Waals surface area contributed by atoms with Gasteiger partial charge >= 0.3 is 66.4 Å². The number of benzene rings is 8. The highest BCUT2D eigenvalue weighted by Gasteiger charge is 2.33. The van der Waals surface area contributed by atoms with Crippen molar-refractivity contribution in [3.05, 3.63) is 243 Å². The highest BCUT2D eigenvalue weighted by atomic mass is 16.6. The van der Waals surface area contributed by atoms with Gasteiger partial charge in [-0.15, -0.1) is 0 Å². The van der Waals surface area contributed by atoms with Crippen molar-refractivity contribution in [2.75, 3.05) is 59.3 Å². The minimum absolute atomic E-state index is 0.00234. The second kappa shape index (κ2) is 52.8. The Hall–Kier alpha value is -13.6. The molecule has 8 rings (SSSR count). The van der Waals surface area contributed by atoms with Crippen LogP contribution in [0.3, 0.4) is 0 Å². The van der Waals surface area contributed by atoms with Crippen molar-refractivity contribution < 1.29 is 114 Å². The Morgan fingerprint density at radius 2 is 0.517 bits per heavy atom. The molecule has 8 aromatic carbocycles. The summed E-state index contributed by atoms with van der Waals surface area (Å²) in [6.07, 6.45) is -6.72. The Bertz CT molecular complexity index is 4190. The number of hydrogen-bond acceptors (Lipinski definition) is 25. The first-order chi connectivity index (χ1) is 57.5. The molecule has 118 heavy (non-hydrogen) atoms. The molecular weight excluding hydrogens is 1530 g/mol. The zero-order valence-electron chi connectivity index (χ0n) is 64.9. The topological polar surface area (TPSA) is 392 Å². The van der Waals surface area contributed by atoms with Gasteiger partial charge in [0.05, 0.1) is 12.3 Å². The van der Waals surface area contributed by atoms with Gasteiger partial charge in [0, 0.05) is 26.2 Å². The smallest absolute Gasteiger partial charge is 0.413 e. The van der Waals surface area contributed by atoms with Crippen LogP contribution in [-0.2, 0) is 47.7 Å². The summed E-state index contributed by atoms with van der Waals surface area (Å²) in [6, 6.07) is 62.3. The fourth-order valence-corrected chi connectivity index (χ4v) is 11.1. The number of esters is 5. The van der Waals surface area contributed by atoms with Crippen molar-refractivity contribution in [1.82, 2.24) is 37.2 Å². The van der Waals surface area contributed by atoms with Crippen LogP contribution in [0.5, 0.6) is 46.0 Å². The molecule has 31 heteroatoms. The van der Waals surface area contributed by atoms with Gasteiger partial charge in [-0.05, 0) is 168 Å². The number of para-hydroxylation sites is 8. The zero-order chi connectivity index (χ0) is 83.4. The third kappa shape index (κ3) is 37.2. The van der Waals surface area contributed by atoms with E-state index >= 15 is 0 Å². The lowest BCUT2D eigenvalue weighted by Crippen LogP contribution is -2.46. The van der Waals surface area contributed by atoms with Crippen LogP contribution in [0.4, 0.5) is 28.8 Å². The Morgan fingerprint density at radius 3 is 0.831 bits per heavy atom. The Morgan fingerprint density at radius 1 is 0.263 bits per heavy atom. The van der Waals surface area contributed by atoms with Crippen LogP contribution in [0.15, 0.2) is 243 Å². The molecule has 0 spiro atoms. The predicted molar refractivity (Wildman–Crippen MR) is 428 cm³/mol. The molecule has 6 atom stereocenters. The molecule has 0 radical (unpaired) electrons. The normalized spacial score (nSPS) is 12.2. The first-order valence-electron chi connectivity index (χ1n) is 38.6. The minimum atomic E-state index is -1.60. The number of ether oxygens (including phenoxy) is 13. The van der Waals surface area contributed by atoms with E-state index in [-0.39, 0.29) is 108 Å². The van der Waals surface area contributed by atoms with Crippen LogP contribution < -0.4 is 75.1 Å². The van der Waals surface area contributed by atoms with Crippen LogP contribution in [0.2, 0.25) is 0 Å². The number of hydrogen-bond donors (Lipinski definition) is 7. The zero-order valence-corrected chi connectivity index (χ0v) is 64.9.